The SMILES string of the molecule is CCCCC1=[C]CC(CCC)=C1CCC. The Labute approximate surface area is 95.5 Å². The van der Waals surface area contributed by atoms with Crippen LogP contribution in [0.15, 0.2) is 16.7 Å². The Balaban J connectivity index is 2.63. The Morgan fingerprint density at radius 2 is 1.67 bits per heavy atom. The summed E-state index contributed by atoms with van der Waals surface area (Å²) in [6, 6.07) is 0. The molecule has 0 fully saturated rings. The highest BCUT2D eigenvalue weighted by Gasteiger charge is 2.15. The van der Waals surface area contributed by atoms with Gasteiger partial charge in [0, 0.05) is 0 Å². The third kappa shape index (κ3) is 3.52. The smallest absolute Gasteiger partial charge is 0.00554 e. The van der Waals surface area contributed by atoms with Crippen molar-refractivity contribution in [1.29, 1.82) is 0 Å². The molecule has 0 aliphatic heterocycles. The van der Waals surface area contributed by atoms with Gasteiger partial charge in [0.15, 0.2) is 0 Å². The predicted molar refractivity (Wildman–Crippen MR) is 67.7 cm³/mol. The van der Waals surface area contributed by atoms with Crippen molar-refractivity contribution in [3.63, 3.8) is 0 Å². The second-order valence-electron chi connectivity index (χ2n) is 4.52. The van der Waals surface area contributed by atoms with Gasteiger partial charge in [0.05, 0.1) is 0 Å². The highest BCUT2D eigenvalue weighted by molar-refractivity contribution is 5.40. The van der Waals surface area contributed by atoms with Crippen molar-refractivity contribution in [3.8, 4) is 0 Å². The van der Waals surface area contributed by atoms with Gasteiger partial charge < -0.3 is 0 Å². The minimum absolute atomic E-state index is 1.13. The number of hydrogen-bond acceptors (Lipinski definition) is 0. The van der Waals surface area contributed by atoms with Gasteiger partial charge in [-0.2, -0.15) is 0 Å². The second-order valence-corrected chi connectivity index (χ2v) is 4.52. The van der Waals surface area contributed by atoms with Crippen molar-refractivity contribution in [1.82, 2.24) is 0 Å². The van der Waals surface area contributed by atoms with Crippen LogP contribution in [0.2, 0.25) is 0 Å². The maximum absolute atomic E-state index is 3.60. The molecule has 0 saturated carbocycles. The Bertz CT molecular complexity index is 243. The van der Waals surface area contributed by atoms with E-state index >= 15 is 0 Å². The van der Waals surface area contributed by atoms with E-state index in [9.17, 15) is 0 Å². The number of unbranched alkanes of at least 4 members (excludes halogenated alkanes) is 1. The molecule has 0 aromatic carbocycles. The molecular weight excluding hydrogens is 180 g/mol. The van der Waals surface area contributed by atoms with Crippen LogP contribution in [0.5, 0.6) is 0 Å². The fourth-order valence-electron chi connectivity index (χ4n) is 2.35. The van der Waals surface area contributed by atoms with Crippen LogP contribution in [0.3, 0.4) is 0 Å². The van der Waals surface area contributed by atoms with Gasteiger partial charge in [0.25, 0.3) is 0 Å². The molecule has 0 aromatic rings. The van der Waals surface area contributed by atoms with E-state index in [0.717, 1.165) is 6.42 Å². The topological polar surface area (TPSA) is 0 Å². The zero-order valence-electron chi connectivity index (χ0n) is 10.7. The largest absolute Gasteiger partial charge is 0.0654 e. The van der Waals surface area contributed by atoms with Crippen LogP contribution in [-0.2, 0) is 0 Å². The van der Waals surface area contributed by atoms with Crippen LogP contribution in [0.25, 0.3) is 0 Å². The Morgan fingerprint density at radius 3 is 2.27 bits per heavy atom. The number of rotatable bonds is 7. The Hall–Kier alpha value is -0.520. The van der Waals surface area contributed by atoms with Gasteiger partial charge in [0.1, 0.15) is 0 Å². The van der Waals surface area contributed by atoms with Gasteiger partial charge in [-0.25, -0.2) is 0 Å². The first kappa shape index (κ1) is 12.5. The average molecular weight is 205 g/mol. The zero-order valence-corrected chi connectivity index (χ0v) is 10.7. The first-order valence-corrected chi connectivity index (χ1v) is 6.64. The van der Waals surface area contributed by atoms with E-state index in [4.69, 9.17) is 0 Å². The molecule has 0 amide bonds. The summed E-state index contributed by atoms with van der Waals surface area (Å²) in [7, 11) is 0. The van der Waals surface area contributed by atoms with Gasteiger partial charge in [-0.1, -0.05) is 45.6 Å². The van der Waals surface area contributed by atoms with E-state index in [1.165, 1.54) is 44.9 Å². The van der Waals surface area contributed by atoms with Crippen LogP contribution in [0, 0.1) is 6.08 Å². The Morgan fingerprint density at radius 1 is 0.933 bits per heavy atom. The maximum atomic E-state index is 3.60. The molecule has 1 aliphatic carbocycles. The summed E-state index contributed by atoms with van der Waals surface area (Å²) in [6.45, 7) is 6.83. The lowest BCUT2D eigenvalue weighted by Gasteiger charge is -2.10. The van der Waals surface area contributed by atoms with Gasteiger partial charge in [0.2, 0.25) is 0 Å². The van der Waals surface area contributed by atoms with Gasteiger partial charge in [-0.15, -0.1) is 0 Å². The zero-order chi connectivity index (χ0) is 11.1. The first-order valence-electron chi connectivity index (χ1n) is 6.64. The minimum Gasteiger partial charge on any atom is -0.0654 e. The molecule has 1 rings (SSSR count). The monoisotopic (exact) mass is 205 g/mol. The van der Waals surface area contributed by atoms with Crippen LogP contribution in [-0.4, -0.2) is 0 Å². The molecule has 0 bridgehead atoms. The van der Waals surface area contributed by atoms with Crippen molar-refractivity contribution in [2.75, 3.05) is 0 Å². The van der Waals surface area contributed by atoms with E-state index in [1.54, 1.807) is 16.7 Å². The highest BCUT2D eigenvalue weighted by Crippen LogP contribution is 2.34. The third-order valence-corrected chi connectivity index (χ3v) is 3.14. The van der Waals surface area contributed by atoms with Gasteiger partial charge in [-0.3, -0.25) is 0 Å². The standard InChI is InChI=1S/C15H25/c1-4-7-10-14-12-11-13(8-5-2)15(14)9-6-3/h4-11H2,1-3H3. The first-order chi connectivity index (χ1) is 7.33. The molecule has 0 N–H and O–H groups in total. The van der Waals surface area contributed by atoms with Crippen LogP contribution < -0.4 is 0 Å². The van der Waals surface area contributed by atoms with Crippen LogP contribution in [0.1, 0.15) is 72.1 Å². The molecule has 1 aliphatic rings. The van der Waals surface area contributed by atoms with Crippen molar-refractivity contribution in [2.24, 2.45) is 0 Å². The summed E-state index contributed by atoms with van der Waals surface area (Å²) >= 11 is 0. The fourth-order valence-corrected chi connectivity index (χ4v) is 2.35. The normalized spacial score (nSPS) is 16.1. The molecule has 0 heterocycles. The minimum atomic E-state index is 1.13. The molecule has 0 nitrogen and oxygen atoms in total. The number of allylic oxidation sites excluding steroid dienone is 4. The van der Waals surface area contributed by atoms with Crippen LogP contribution in [0.4, 0.5) is 0 Å². The van der Waals surface area contributed by atoms with Crippen molar-refractivity contribution in [2.45, 2.75) is 72.1 Å². The molecule has 0 heteroatoms. The van der Waals surface area contributed by atoms with E-state index in [-0.39, 0.29) is 0 Å². The fraction of sp³-hybridized carbons (Fsp3) is 0.733. The summed E-state index contributed by atoms with van der Waals surface area (Å²) in [5.41, 5.74) is 4.92. The van der Waals surface area contributed by atoms with Crippen molar-refractivity contribution in [3.05, 3.63) is 22.8 Å². The van der Waals surface area contributed by atoms with Crippen LogP contribution >= 0.6 is 0 Å². The molecule has 1 radical (unpaired) electrons. The molecule has 0 unspecified atom stereocenters. The van der Waals surface area contributed by atoms with Gasteiger partial charge in [-0.05, 0) is 49.3 Å². The molecule has 0 spiro atoms. The molecule has 85 valence electrons. The molecule has 15 heavy (non-hydrogen) atoms. The highest BCUT2D eigenvalue weighted by atomic mass is 14.2. The lowest BCUT2D eigenvalue weighted by Crippen LogP contribution is -1.91. The lowest BCUT2D eigenvalue weighted by molar-refractivity contribution is 0.773. The molecule has 0 saturated heterocycles. The van der Waals surface area contributed by atoms with Gasteiger partial charge >= 0.3 is 0 Å². The third-order valence-electron chi connectivity index (χ3n) is 3.14. The quantitative estimate of drug-likeness (QED) is 0.535. The summed E-state index contributed by atoms with van der Waals surface area (Å²) in [6.07, 6.45) is 13.8. The van der Waals surface area contributed by atoms with E-state index in [2.05, 4.69) is 26.8 Å². The molecular formula is C15H25. The van der Waals surface area contributed by atoms with E-state index in [0.29, 0.717) is 0 Å². The maximum Gasteiger partial charge on any atom is -0.00554 e. The summed E-state index contributed by atoms with van der Waals surface area (Å²) in [5.74, 6) is 0. The summed E-state index contributed by atoms with van der Waals surface area (Å²) < 4.78 is 0. The molecule has 0 aromatic heterocycles. The Kier molecular flexibility index (Phi) is 5.75. The van der Waals surface area contributed by atoms with Crippen molar-refractivity contribution >= 4 is 0 Å². The average Bonchev–Trinajstić information content (AvgIpc) is 2.60. The lowest BCUT2D eigenvalue weighted by atomic mass is 9.95. The molecule has 0 atom stereocenters. The summed E-state index contributed by atoms with van der Waals surface area (Å²) in [4.78, 5) is 0. The van der Waals surface area contributed by atoms with E-state index in [1.807, 2.05) is 0 Å². The van der Waals surface area contributed by atoms with Crippen molar-refractivity contribution < 1.29 is 0 Å². The summed E-state index contributed by atoms with van der Waals surface area (Å²) in [5, 5.41) is 0. The number of hydrogen-bond donors (Lipinski definition) is 0. The second kappa shape index (κ2) is 6.87. The van der Waals surface area contributed by atoms with E-state index < -0.39 is 0 Å². The predicted octanol–water partition coefficient (Wildman–Crippen LogP) is 5.21.